The van der Waals surface area contributed by atoms with E-state index in [1.165, 1.54) is 6.07 Å². The third kappa shape index (κ3) is 6.54. The van der Waals surface area contributed by atoms with Gasteiger partial charge in [-0.15, -0.1) is 0 Å². The molecule has 0 aliphatic heterocycles. The molecule has 118 valence electrons. The van der Waals surface area contributed by atoms with E-state index in [2.05, 4.69) is 20.3 Å². The Bertz CT molecular complexity index is 575. The largest absolute Gasteiger partial charge is 0.355 e. The minimum absolute atomic E-state index is 0.0489. The second-order valence-corrected chi connectivity index (χ2v) is 6.34. The summed E-state index contributed by atoms with van der Waals surface area (Å²) in [6.07, 6.45) is 0. The van der Waals surface area contributed by atoms with Crippen LogP contribution < -0.4 is 15.4 Å². The van der Waals surface area contributed by atoms with Gasteiger partial charge in [-0.05, 0) is 13.0 Å². The van der Waals surface area contributed by atoms with Crippen molar-refractivity contribution in [3.8, 4) is 0 Å². The molecule has 0 radical (unpaired) electrons. The number of hydrogen-bond donors (Lipinski definition) is 3. The standard InChI is InChI=1S/C13H21FN4O2S/c1-3-21(19,20)18-9-8-16-13(15-2)17-10-11-6-4-5-7-12(11)14/h4-7,18H,3,8-10H2,1-2H3,(H2,15,16,17). The minimum Gasteiger partial charge on any atom is -0.355 e. The van der Waals surface area contributed by atoms with Crippen LogP contribution in [0.5, 0.6) is 0 Å². The van der Waals surface area contributed by atoms with Crippen molar-refractivity contribution in [2.45, 2.75) is 13.5 Å². The lowest BCUT2D eigenvalue weighted by atomic mass is 10.2. The van der Waals surface area contributed by atoms with Gasteiger partial charge in [-0.2, -0.15) is 0 Å². The van der Waals surface area contributed by atoms with Gasteiger partial charge < -0.3 is 10.6 Å². The summed E-state index contributed by atoms with van der Waals surface area (Å²) in [4.78, 5) is 3.98. The van der Waals surface area contributed by atoms with Gasteiger partial charge in [0.1, 0.15) is 5.82 Å². The average Bonchev–Trinajstić information content (AvgIpc) is 2.48. The van der Waals surface area contributed by atoms with Gasteiger partial charge >= 0.3 is 0 Å². The Morgan fingerprint density at radius 1 is 1.24 bits per heavy atom. The molecule has 0 aliphatic rings. The van der Waals surface area contributed by atoms with Crippen molar-refractivity contribution >= 4 is 16.0 Å². The molecule has 0 amide bonds. The molecule has 21 heavy (non-hydrogen) atoms. The van der Waals surface area contributed by atoms with E-state index in [1.807, 2.05) is 0 Å². The van der Waals surface area contributed by atoms with Crippen molar-refractivity contribution in [2.75, 3.05) is 25.9 Å². The van der Waals surface area contributed by atoms with Crippen LogP contribution >= 0.6 is 0 Å². The molecule has 1 rings (SSSR count). The average molecular weight is 316 g/mol. The second kappa shape index (κ2) is 8.58. The summed E-state index contributed by atoms with van der Waals surface area (Å²) in [7, 11) is -1.59. The van der Waals surface area contributed by atoms with Crippen molar-refractivity contribution in [1.82, 2.24) is 15.4 Å². The van der Waals surface area contributed by atoms with Crippen LogP contribution in [0.25, 0.3) is 0 Å². The number of halogens is 1. The summed E-state index contributed by atoms with van der Waals surface area (Å²) in [5, 5.41) is 5.91. The predicted molar refractivity (Wildman–Crippen MR) is 82.1 cm³/mol. The number of nitrogens with zero attached hydrogens (tertiary/aromatic N) is 1. The molecule has 0 heterocycles. The molecule has 0 spiro atoms. The first-order valence-corrected chi connectivity index (χ1v) is 8.29. The summed E-state index contributed by atoms with van der Waals surface area (Å²) in [6, 6.07) is 6.47. The van der Waals surface area contributed by atoms with Gasteiger partial charge in [0, 0.05) is 32.2 Å². The van der Waals surface area contributed by atoms with Gasteiger partial charge in [0.05, 0.1) is 5.75 Å². The van der Waals surface area contributed by atoms with Crippen molar-refractivity contribution < 1.29 is 12.8 Å². The number of aliphatic imine (C=N–C) groups is 1. The fourth-order valence-corrected chi connectivity index (χ4v) is 2.15. The third-order valence-corrected chi connectivity index (χ3v) is 4.15. The number of nitrogens with one attached hydrogen (secondary N) is 3. The van der Waals surface area contributed by atoms with Crippen LogP contribution in [0.1, 0.15) is 12.5 Å². The van der Waals surface area contributed by atoms with Crippen LogP contribution in [0.3, 0.4) is 0 Å². The van der Waals surface area contributed by atoms with Crippen LogP contribution in [0.4, 0.5) is 4.39 Å². The molecule has 0 atom stereocenters. The number of hydrogen-bond acceptors (Lipinski definition) is 3. The summed E-state index contributed by atoms with van der Waals surface area (Å²) in [5.41, 5.74) is 0.534. The van der Waals surface area contributed by atoms with E-state index in [-0.39, 0.29) is 18.1 Å². The quantitative estimate of drug-likeness (QED) is 0.387. The number of sulfonamides is 1. The van der Waals surface area contributed by atoms with E-state index >= 15 is 0 Å². The summed E-state index contributed by atoms with van der Waals surface area (Å²) in [6.45, 7) is 2.52. The van der Waals surface area contributed by atoms with E-state index in [1.54, 1.807) is 32.2 Å². The Kier molecular flexibility index (Phi) is 7.10. The van der Waals surface area contributed by atoms with E-state index in [9.17, 15) is 12.8 Å². The topological polar surface area (TPSA) is 82.6 Å². The monoisotopic (exact) mass is 316 g/mol. The van der Waals surface area contributed by atoms with E-state index in [0.717, 1.165) is 0 Å². The maximum absolute atomic E-state index is 13.4. The number of guanidine groups is 1. The zero-order chi connectivity index (χ0) is 15.7. The molecule has 0 aromatic heterocycles. The Balaban J connectivity index is 2.35. The fraction of sp³-hybridized carbons (Fsp3) is 0.462. The highest BCUT2D eigenvalue weighted by Crippen LogP contribution is 2.05. The lowest BCUT2D eigenvalue weighted by Gasteiger charge is -2.12. The molecular formula is C13H21FN4O2S. The van der Waals surface area contributed by atoms with Crippen molar-refractivity contribution in [3.63, 3.8) is 0 Å². The molecule has 3 N–H and O–H groups in total. The van der Waals surface area contributed by atoms with Gasteiger partial charge in [0.15, 0.2) is 5.96 Å². The SMILES string of the molecule is CCS(=O)(=O)NCCNC(=NC)NCc1ccccc1F. The summed E-state index contributed by atoms with van der Waals surface area (Å²) < 4.78 is 38.4. The molecule has 0 fully saturated rings. The second-order valence-electron chi connectivity index (χ2n) is 4.24. The Labute approximate surface area is 124 Å². The zero-order valence-electron chi connectivity index (χ0n) is 12.2. The van der Waals surface area contributed by atoms with E-state index < -0.39 is 10.0 Å². The van der Waals surface area contributed by atoms with Gasteiger partial charge in [0.2, 0.25) is 10.0 Å². The number of benzene rings is 1. The first-order chi connectivity index (χ1) is 9.98. The normalized spacial score (nSPS) is 12.2. The highest BCUT2D eigenvalue weighted by Gasteiger charge is 2.05. The fourth-order valence-electron chi connectivity index (χ4n) is 1.53. The lowest BCUT2D eigenvalue weighted by molar-refractivity contribution is 0.581. The zero-order valence-corrected chi connectivity index (χ0v) is 13.0. The van der Waals surface area contributed by atoms with Crippen LogP contribution in [0.15, 0.2) is 29.3 Å². The molecule has 8 heteroatoms. The summed E-state index contributed by atoms with van der Waals surface area (Å²) >= 11 is 0. The minimum atomic E-state index is -3.18. The third-order valence-electron chi connectivity index (χ3n) is 2.75. The first-order valence-electron chi connectivity index (χ1n) is 6.63. The Morgan fingerprint density at radius 2 is 1.95 bits per heavy atom. The van der Waals surface area contributed by atoms with Gasteiger partial charge in [-0.1, -0.05) is 18.2 Å². The maximum atomic E-state index is 13.4. The molecule has 0 saturated carbocycles. The van der Waals surface area contributed by atoms with Crippen molar-refractivity contribution in [2.24, 2.45) is 4.99 Å². The lowest BCUT2D eigenvalue weighted by Crippen LogP contribution is -2.41. The first kappa shape index (κ1) is 17.4. The Morgan fingerprint density at radius 3 is 2.57 bits per heavy atom. The molecule has 0 unspecified atom stereocenters. The van der Waals surface area contributed by atoms with Crippen molar-refractivity contribution in [1.29, 1.82) is 0 Å². The molecule has 0 bridgehead atoms. The van der Waals surface area contributed by atoms with Crippen LogP contribution in [0, 0.1) is 5.82 Å². The Hall–Kier alpha value is -1.67. The van der Waals surface area contributed by atoms with E-state index in [4.69, 9.17) is 0 Å². The van der Waals surface area contributed by atoms with Crippen LogP contribution in [-0.2, 0) is 16.6 Å². The smallest absolute Gasteiger partial charge is 0.211 e. The van der Waals surface area contributed by atoms with Gasteiger partial charge in [-0.25, -0.2) is 17.5 Å². The molecule has 0 saturated heterocycles. The van der Waals surface area contributed by atoms with E-state index in [0.29, 0.717) is 24.6 Å². The summed E-state index contributed by atoms with van der Waals surface area (Å²) in [5.74, 6) is 0.248. The molecule has 6 nitrogen and oxygen atoms in total. The highest BCUT2D eigenvalue weighted by atomic mass is 32.2. The van der Waals surface area contributed by atoms with Crippen molar-refractivity contribution in [3.05, 3.63) is 35.6 Å². The molecule has 1 aromatic rings. The molecule has 0 aliphatic carbocycles. The molecule has 1 aromatic carbocycles. The van der Waals surface area contributed by atoms with Crippen LogP contribution in [0.2, 0.25) is 0 Å². The molecular weight excluding hydrogens is 295 g/mol. The number of rotatable bonds is 7. The highest BCUT2D eigenvalue weighted by molar-refractivity contribution is 7.89. The predicted octanol–water partition coefficient (Wildman–Crippen LogP) is 0.430. The van der Waals surface area contributed by atoms with Crippen LogP contribution in [-0.4, -0.2) is 40.3 Å². The maximum Gasteiger partial charge on any atom is 0.211 e. The van der Waals surface area contributed by atoms with Gasteiger partial charge in [-0.3, -0.25) is 4.99 Å². The van der Waals surface area contributed by atoms with Gasteiger partial charge in [0.25, 0.3) is 0 Å².